The topological polar surface area (TPSA) is 237 Å². The average molecular weight is 1460 g/mol. The molecule has 7 atom stereocenters. The van der Waals surface area contributed by atoms with Crippen LogP contribution in [0, 0.1) is 17.8 Å². The number of carbonyl (C=O) groups excluding carboxylic acids is 4. The van der Waals surface area contributed by atoms with Gasteiger partial charge in [0.05, 0.1) is 26.4 Å². The standard InChI is InChI=1S/C81H154O17P2/c1-8-11-12-13-14-15-16-17-22-26-29-35-40-48-55-62-78(83)91-68-76(97-80(85)64-57-50-41-36-30-27-24-21-19-18-20-23-25-28-33-38-45-52-59-72(4)5)70-95-99(87,88)93-66-75(82)67-94-100(89,90)96-71-77(69-92-79(84)63-56-49-44-43-47-54-61-74(7)10-3)98-81(86)65-58-51-42-37-32-31-34-39-46-53-60-73(6)9-2/h15-17,22,72-77,82H,8-14,18-21,23-71H2,1-7H3,(H,87,88)(H,89,90)/b16-15-,22-17-/t73?,74?,75-,76-,77-/m1/s1. The van der Waals surface area contributed by atoms with Crippen LogP contribution in [0.4, 0.5) is 0 Å². The van der Waals surface area contributed by atoms with Crippen LogP contribution < -0.4 is 0 Å². The number of allylic oxidation sites excluding steroid dienone is 4. The zero-order valence-electron chi connectivity index (χ0n) is 65.2. The number of aliphatic hydroxyl groups is 1. The van der Waals surface area contributed by atoms with Crippen LogP contribution in [-0.4, -0.2) is 96.7 Å². The van der Waals surface area contributed by atoms with Crippen LogP contribution in [0.5, 0.6) is 0 Å². The number of hydrogen-bond donors (Lipinski definition) is 3. The predicted octanol–water partition coefficient (Wildman–Crippen LogP) is 23.7. The van der Waals surface area contributed by atoms with Crippen LogP contribution in [0.25, 0.3) is 0 Å². The fourth-order valence-electron chi connectivity index (χ4n) is 11.9. The number of hydrogen-bond acceptors (Lipinski definition) is 15. The van der Waals surface area contributed by atoms with Gasteiger partial charge in [-0.2, -0.15) is 0 Å². The van der Waals surface area contributed by atoms with Gasteiger partial charge in [0.15, 0.2) is 12.2 Å². The first kappa shape index (κ1) is 97.5. The highest BCUT2D eigenvalue weighted by atomic mass is 31.2. The van der Waals surface area contributed by atoms with E-state index in [4.69, 9.17) is 37.0 Å². The fourth-order valence-corrected chi connectivity index (χ4v) is 13.5. The number of phosphoric ester groups is 2. The van der Waals surface area contributed by atoms with E-state index < -0.39 is 97.5 Å². The highest BCUT2D eigenvalue weighted by Crippen LogP contribution is 2.45. The summed E-state index contributed by atoms with van der Waals surface area (Å²) < 4.78 is 68.6. The SMILES string of the molecule is CCCCCC/C=C\C=C/CCCCCCCC(=O)OC[C@H](COP(=O)(O)OC[C@@H](O)COP(=O)(O)OC[C@@H](COC(=O)CCCCCCCCC(C)CC)OC(=O)CCCCCCCCCCCCC(C)CC)OC(=O)CCCCCCCCCCCCCCCCCCCCC(C)C. The molecule has 0 amide bonds. The molecule has 0 fully saturated rings. The van der Waals surface area contributed by atoms with Gasteiger partial charge in [-0.3, -0.25) is 37.3 Å². The summed E-state index contributed by atoms with van der Waals surface area (Å²) in [5.74, 6) is 0.206. The van der Waals surface area contributed by atoms with Crippen LogP contribution in [0.3, 0.4) is 0 Å². The lowest BCUT2D eigenvalue weighted by Gasteiger charge is -2.21. The Bertz CT molecular complexity index is 2040. The molecule has 0 aliphatic carbocycles. The fraction of sp³-hybridized carbons (Fsp3) is 0.901. The molecule has 0 saturated heterocycles. The van der Waals surface area contributed by atoms with Gasteiger partial charge < -0.3 is 33.8 Å². The monoisotopic (exact) mass is 1460 g/mol. The number of ether oxygens (including phenoxy) is 4. The summed E-state index contributed by atoms with van der Waals surface area (Å²) >= 11 is 0. The van der Waals surface area contributed by atoms with Crippen molar-refractivity contribution in [3.8, 4) is 0 Å². The molecular formula is C81H154O17P2. The second kappa shape index (κ2) is 70.8. The smallest absolute Gasteiger partial charge is 0.462 e. The number of carbonyl (C=O) groups is 4. The minimum absolute atomic E-state index is 0.101. The van der Waals surface area contributed by atoms with Gasteiger partial charge in [0.1, 0.15) is 19.3 Å². The van der Waals surface area contributed by atoms with Gasteiger partial charge >= 0.3 is 39.5 Å². The molecular weight excluding hydrogens is 1310 g/mol. The van der Waals surface area contributed by atoms with Gasteiger partial charge in [0.2, 0.25) is 0 Å². The van der Waals surface area contributed by atoms with Crippen LogP contribution in [0.2, 0.25) is 0 Å². The number of rotatable bonds is 77. The first-order chi connectivity index (χ1) is 48.3. The summed E-state index contributed by atoms with van der Waals surface area (Å²) in [5.41, 5.74) is 0. The second-order valence-electron chi connectivity index (χ2n) is 29.4. The van der Waals surface area contributed by atoms with Crippen LogP contribution >= 0.6 is 15.6 Å². The summed E-state index contributed by atoms with van der Waals surface area (Å²) in [5, 5.41) is 10.6. The van der Waals surface area contributed by atoms with E-state index in [2.05, 4.69) is 72.8 Å². The van der Waals surface area contributed by atoms with Crippen molar-refractivity contribution in [2.75, 3.05) is 39.6 Å². The lowest BCUT2D eigenvalue weighted by molar-refractivity contribution is -0.161. The van der Waals surface area contributed by atoms with Crippen molar-refractivity contribution in [2.45, 2.75) is 414 Å². The Kier molecular flexibility index (Phi) is 69.1. The third kappa shape index (κ3) is 71.2. The summed E-state index contributed by atoms with van der Waals surface area (Å²) in [4.78, 5) is 73.0. The van der Waals surface area contributed by atoms with E-state index in [1.54, 1.807) is 0 Å². The summed E-state index contributed by atoms with van der Waals surface area (Å²) in [7, 11) is -9.93. The van der Waals surface area contributed by atoms with Crippen molar-refractivity contribution in [1.29, 1.82) is 0 Å². The molecule has 0 radical (unpaired) electrons. The molecule has 0 rings (SSSR count). The molecule has 0 aromatic heterocycles. The summed E-state index contributed by atoms with van der Waals surface area (Å²) in [6.45, 7) is 11.9. The average Bonchev–Trinajstić information content (AvgIpc) is 0.918. The van der Waals surface area contributed by atoms with Crippen molar-refractivity contribution in [3.05, 3.63) is 24.3 Å². The Morgan fingerprint density at radius 1 is 0.330 bits per heavy atom. The predicted molar refractivity (Wildman–Crippen MR) is 409 cm³/mol. The third-order valence-corrected chi connectivity index (χ3v) is 20.9. The normalized spacial score (nSPS) is 14.7. The maximum atomic E-state index is 13.1. The Hall–Kier alpha value is -2.46. The Morgan fingerprint density at radius 2 is 0.590 bits per heavy atom. The number of esters is 4. The molecule has 17 nitrogen and oxygen atoms in total. The Labute approximate surface area is 612 Å². The number of aliphatic hydroxyl groups excluding tert-OH is 1. The number of unbranched alkanes of at least 4 members (excludes halogenated alkanes) is 40. The van der Waals surface area contributed by atoms with Crippen LogP contribution in [0.1, 0.15) is 395 Å². The largest absolute Gasteiger partial charge is 0.472 e. The second-order valence-corrected chi connectivity index (χ2v) is 32.3. The minimum atomic E-state index is -4.97. The van der Waals surface area contributed by atoms with Gasteiger partial charge in [-0.15, -0.1) is 0 Å². The van der Waals surface area contributed by atoms with Gasteiger partial charge in [0.25, 0.3) is 0 Å². The highest BCUT2D eigenvalue weighted by Gasteiger charge is 2.30. The van der Waals surface area contributed by atoms with Crippen molar-refractivity contribution in [3.63, 3.8) is 0 Å². The van der Waals surface area contributed by atoms with E-state index >= 15 is 0 Å². The zero-order chi connectivity index (χ0) is 73.7. The van der Waals surface area contributed by atoms with Crippen molar-refractivity contribution in [1.82, 2.24) is 0 Å². The molecule has 0 bridgehead atoms. The van der Waals surface area contributed by atoms with Crippen LogP contribution in [0.15, 0.2) is 24.3 Å². The first-order valence-corrected chi connectivity index (χ1v) is 44.2. The van der Waals surface area contributed by atoms with E-state index in [-0.39, 0.29) is 25.7 Å². The molecule has 590 valence electrons. The Balaban J connectivity index is 5.26. The molecule has 3 N–H and O–H groups in total. The summed E-state index contributed by atoms with van der Waals surface area (Å²) in [6, 6.07) is 0. The molecule has 0 aliphatic heterocycles. The van der Waals surface area contributed by atoms with Crippen LogP contribution in [-0.2, 0) is 65.4 Å². The van der Waals surface area contributed by atoms with Gasteiger partial charge in [0, 0.05) is 25.7 Å². The summed E-state index contributed by atoms with van der Waals surface area (Å²) in [6.07, 6.45) is 61.9. The molecule has 0 saturated carbocycles. The molecule has 0 aromatic carbocycles. The Morgan fingerprint density at radius 3 is 0.890 bits per heavy atom. The third-order valence-electron chi connectivity index (χ3n) is 19.0. The highest BCUT2D eigenvalue weighted by molar-refractivity contribution is 7.47. The zero-order valence-corrected chi connectivity index (χ0v) is 66.9. The first-order valence-electron chi connectivity index (χ1n) is 41.2. The lowest BCUT2D eigenvalue weighted by atomic mass is 9.99. The lowest BCUT2D eigenvalue weighted by Crippen LogP contribution is -2.30. The maximum Gasteiger partial charge on any atom is 0.472 e. The molecule has 0 spiro atoms. The molecule has 0 heterocycles. The molecule has 100 heavy (non-hydrogen) atoms. The van der Waals surface area contributed by atoms with E-state index in [1.807, 2.05) is 0 Å². The number of phosphoric acid groups is 2. The van der Waals surface area contributed by atoms with Crippen molar-refractivity contribution in [2.24, 2.45) is 17.8 Å². The quantitative estimate of drug-likeness (QED) is 0.0169. The van der Waals surface area contributed by atoms with E-state index in [9.17, 15) is 43.2 Å². The van der Waals surface area contributed by atoms with Gasteiger partial charge in [-0.05, 0) is 69.1 Å². The van der Waals surface area contributed by atoms with E-state index in [0.717, 1.165) is 133 Å². The van der Waals surface area contributed by atoms with Crippen molar-refractivity contribution >= 4 is 39.5 Å². The molecule has 0 aromatic rings. The van der Waals surface area contributed by atoms with E-state index in [1.165, 1.54) is 180 Å². The molecule has 0 aliphatic rings. The van der Waals surface area contributed by atoms with E-state index in [0.29, 0.717) is 25.7 Å². The van der Waals surface area contributed by atoms with Gasteiger partial charge in [-0.1, -0.05) is 342 Å². The maximum absolute atomic E-state index is 13.1. The molecule has 19 heteroatoms. The van der Waals surface area contributed by atoms with Gasteiger partial charge in [-0.25, -0.2) is 9.13 Å². The molecule has 4 unspecified atom stereocenters. The minimum Gasteiger partial charge on any atom is -0.462 e. The van der Waals surface area contributed by atoms with Crippen molar-refractivity contribution < 1.29 is 80.2 Å².